The monoisotopic (exact) mass is 634 g/mol. The predicted octanol–water partition coefficient (Wildman–Crippen LogP) is 7.14. The van der Waals surface area contributed by atoms with Crippen molar-refractivity contribution in [3.63, 3.8) is 0 Å². The maximum absolute atomic E-state index is 13.8. The predicted molar refractivity (Wildman–Crippen MR) is 177 cm³/mol. The van der Waals surface area contributed by atoms with Crippen molar-refractivity contribution in [1.29, 1.82) is 0 Å². The minimum atomic E-state index is -0.463. The fourth-order valence-corrected chi connectivity index (χ4v) is 5.81. The second-order valence-electron chi connectivity index (χ2n) is 11.4. The summed E-state index contributed by atoms with van der Waals surface area (Å²) < 4.78 is 6.64. The van der Waals surface area contributed by atoms with Crippen LogP contribution in [0.4, 0.5) is 16.2 Å². The molecule has 0 aliphatic carbocycles. The lowest BCUT2D eigenvalue weighted by molar-refractivity contribution is 0.0343. The minimum Gasteiger partial charge on any atom is -0.486 e. The first-order chi connectivity index (χ1) is 21.1. The van der Waals surface area contributed by atoms with Crippen molar-refractivity contribution in [1.82, 2.24) is 9.80 Å². The summed E-state index contributed by atoms with van der Waals surface area (Å²) in [4.78, 5) is 30.9. The number of aliphatic hydroxyl groups excluding tert-OH is 1. The first-order valence-corrected chi connectivity index (χ1v) is 15.3. The molecular weight excluding hydrogens is 599 g/mol. The molecule has 0 saturated carbocycles. The van der Waals surface area contributed by atoms with E-state index < -0.39 is 12.1 Å². The standard InChI is InChI=1S/C34H36Cl2N4O4/c1-21-17-40(22(2)20-41)33(42)26-11-7-13-30(38-34(43)37-29-12-6-9-24-8-4-5-10-25(24)29)32(26)44-31(21)19-39(3)18-23-14-15-27(35)28(36)16-23/h4-16,21-22,31,41H,17-20H2,1-3H3,(H2,37,38,43)/t21-,22-,31-/m0/s1. The zero-order valence-electron chi connectivity index (χ0n) is 24.9. The number of aliphatic hydroxyl groups is 1. The number of nitrogens with one attached hydrogen (secondary N) is 2. The van der Waals surface area contributed by atoms with E-state index in [4.69, 9.17) is 27.9 Å². The zero-order valence-corrected chi connectivity index (χ0v) is 26.4. The lowest BCUT2D eigenvalue weighted by Gasteiger charge is -2.38. The summed E-state index contributed by atoms with van der Waals surface area (Å²) in [6, 6.07) is 23.3. The van der Waals surface area contributed by atoms with Crippen molar-refractivity contribution < 1.29 is 19.4 Å². The molecule has 44 heavy (non-hydrogen) atoms. The lowest BCUT2D eigenvalue weighted by Crippen LogP contribution is -2.49. The van der Waals surface area contributed by atoms with Gasteiger partial charge in [-0.05, 0) is 55.3 Å². The molecule has 0 unspecified atom stereocenters. The van der Waals surface area contributed by atoms with Crippen LogP contribution in [0.1, 0.15) is 29.8 Å². The number of fused-ring (bicyclic) bond motifs is 2. The highest BCUT2D eigenvalue weighted by atomic mass is 35.5. The summed E-state index contributed by atoms with van der Waals surface area (Å²) in [5.74, 6) is -0.0794. The molecule has 0 bridgehead atoms. The van der Waals surface area contributed by atoms with Gasteiger partial charge >= 0.3 is 6.03 Å². The van der Waals surface area contributed by atoms with Crippen molar-refractivity contribution >= 4 is 57.3 Å². The number of carbonyl (C=O) groups is 2. The number of rotatable bonds is 8. The van der Waals surface area contributed by atoms with Crippen LogP contribution in [-0.4, -0.2) is 65.7 Å². The number of urea groups is 1. The van der Waals surface area contributed by atoms with E-state index in [9.17, 15) is 14.7 Å². The number of nitrogens with zero attached hydrogens (tertiary/aromatic N) is 2. The molecule has 0 saturated heterocycles. The van der Waals surface area contributed by atoms with E-state index in [-0.39, 0.29) is 24.5 Å². The highest BCUT2D eigenvalue weighted by Gasteiger charge is 2.34. The normalized spacial score (nSPS) is 17.4. The molecule has 8 nitrogen and oxygen atoms in total. The number of hydrogen-bond acceptors (Lipinski definition) is 5. The van der Waals surface area contributed by atoms with Crippen LogP contribution < -0.4 is 15.4 Å². The molecule has 0 aromatic heterocycles. The Morgan fingerprint density at radius 2 is 1.73 bits per heavy atom. The summed E-state index contributed by atoms with van der Waals surface area (Å²) >= 11 is 12.4. The third-order valence-corrected chi connectivity index (χ3v) is 8.64. The van der Waals surface area contributed by atoms with Gasteiger partial charge in [0.2, 0.25) is 0 Å². The Hall–Kier alpha value is -3.82. The van der Waals surface area contributed by atoms with Crippen LogP contribution in [0.15, 0.2) is 78.9 Å². The van der Waals surface area contributed by atoms with E-state index in [1.165, 1.54) is 0 Å². The van der Waals surface area contributed by atoms with Crippen LogP contribution in [0.2, 0.25) is 10.0 Å². The maximum atomic E-state index is 13.8. The number of anilines is 2. The first kappa shape index (κ1) is 31.6. The van der Waals surface area contributed by atoms with Gasteiger partial charge in [-0.1, -0.05) is 78.7 Å². The van der Waals surface area contributed by atoms with E-state index in [0.717, 1.165) is 16.3 Å². The number of benzene rings is 4. The fraction of sp³-hybridized carbons (Fsp3) is 0.294. The number of carbonyl (C=O) groups excluding carboxylic acids is 2. The lowest BCUT2D eigenvalue weighted by atomic mass is 9.99. The Balaban J connectivity index is 1.43. The highest BCUT2D eigenvalue weighted by Crippen LogP contribution is 2.35. The van der Waals surface area contributed by atoms with E-state index in [2.05, 4.69) is 15.5 Å². The van der Waals surface area contributed by atoms with Crippen LogP contribution in [0.25, 0.3) is 10.8 Å². The molecule has 1 aliphatic rings. The number of hydrogen-bond donors (Lipinski definition) is 3. The smallest absolute Gasteiger partial charge is 0.323 e. The molecular formula is C34H36Cl2N4O4. The fourth-order valence-electron chi connectivity index (χ4n) is 5.49. The average Bonchev–Trinajstić information content (AvgIpc) is 3.01. The van der Waals surface area contributed by atoms with E-state index >= 15 is 0 Å². The summed E-state index contributed by atoms with van der Waals surface area (Å²) in [7, 11) is 1.99. The minimum absolute atomic E-state index is 0.102. The van der Waals surface area contributed by atoms with Gasteiger partial charge in [-0.2, -0.15) is 0 Å². The average molecular weight is 636 g/mol. The number of amides is 3. The quantitative estimate of drug-likeness (QED) is 0.191. The molecule has 0 fully saturated rings. The Morgan fingerprint density at radius 3 is 2.50 bits per heavy atom. The van der Waals surface area contributed by atoms with Gasteiger partial charge in [-0.15, -0.1) is 0 Å². The molecule has 4 aromatic rings. The van der Waals surface area contributed by atoms with E-state index in [1.54, 1.807) is 29.2 Å². The number of ether oxygens (including phenoxy) is 1. The van der Waals surface area contributed by atoms with Crippen LogP contribution in [-0.2, 0) is 6.54 Å². The number of halogens is 2. The molecule has 10 heteroatoms. The number of likely N-dealkylation sites (N-methyl/N-ethyl adjacent to an activating group) is 1. The van der Waals surface area contributed by atoms with Gasteiger partial charge in [0.05, 0.1) is 39.6 Å². The van der Waals surface area contributed by atoms with E-state index in [1.807, 2.05) is 75.5 Å². The van der Waals surface area contributed by atoms with Crippen LogP contribution in [0, 0.1) is 5.92 Å². The second kappa shape index (κ2) is 13.9. The second-order valence-corrected chi connectivity index (χ2v) is 12.2. The molecule has 3 N–H and O–H groups in total. The molecule has 1 heterocycles. The molecule has 4 aromatic carbocycles. The van der Waals surface area contributed by atoms with Crippen LogP contribution >= 0.6 is 23.2 Å². The van der Waals surface area contributed by atoms with Crippen molar-refractivity contribution in [2.24, 2.45) is 5.92 Å². The SMILES string of the molecule is C[C@H]1CN([C@@H](C)CO)C(=O)c2cccc(NC(=O)Nc3cccc4ccccc34)c2O[C@H]1CN(C)Cc1ccc(Cl)c(Cl)c1. The summed E-state index contributed by atoms with van der Waals surface area (Å²) in [5.41, 5.74) is 2.35. The molecule has 3 atom stereocenters. The van der Waals surface area contributed by atoms with Crippen molar-refractivity contribution in [2.45, 2.75) is 32.5 Å². The molecule has 1 aliphatic heterocycles. The van der Waals surface area contributed by atoms with Crippen LogP contribution in [0.5, 0.6) is 5.75 Å². The van der Waals surface area contributed by atoms with Gasteiger partial charge < -0.3 is 25.4 Å². The number of para-hydroxylation sites is 1. The Labute approximate surface area is 267 Å². The van der Waals surface area contributed by atoms with Crippen molar-refractivity contribution in [2.75, 3.05) is 37.4 Å². The Kier molecular flexibility index (Phi) is 9.96. The molecule has 0 spiro atoms. The zero-order chi connectivity index (χ0) is 31.4. The largest absolute Gasteiger partial charge is 0.486 e. The van der Waals surface area contributed by atoms with Gasteiger partial charge in [0, 0.05) is 30.9 Å². The van der Waals surface area contributed by atoms with Gasteiger partial charge in [0.25, 0.3) is 5.91 Å². The van der Waals surface area contributed by atoms with Crippen molar-refractivity contribution in [3.05, 3.63) is 100 Å². The third-order valence-electron chi connectivity index (χ3n) is 7.91. The third kappa shape index (κ3) is 7.11. The van der Waals surface area contributed by atoms with Gasteiger partial charge in [0.1, 0.15) is 6.10 Å². The van der Waals surface area contributed by atoms with Gasteiger partial charge in [-0.3, -0.25) is 9.69 Å². The van der Waals surface area contributed by atoms with Crippen LogP contribution in [0.3, 0.4) is 0 Å². The van der Waals surface area contributed by atoms with Crippen molar-refractivity contribution in [3.8, 4) is 5.75 Å². The topological polar surface area (TPSA) is 94.1 Å². The molecule has 230 valence electrons. The molecule has 3 amide bonds. The Morgan fingerprint density at radius 1 is 1.02 bits per heavy atom. The highest BCUT2D eigenvalue weighted by molar-refractivity contribution is 6.42. The Bertz CT molecular complexity index is 1660. The van der Waals surface area contributed by atoms with E-state index in [0.29, 0.717) is 52.4 Å². The maximum Gasteiger partial charge on any atom is 0.323 e. The first-order valence-electron chi connectivity index (χ1n) is 14.5. The van der Waals surface area contributed by atoms with Gasteiger partial charge in [0.15, 0.2) is 5.75 Å². The molecule has 0 radical (unpaired) electrons. The van der Waals surface area contributed by atoms with Gasteiger partial charge in [-0.25, -0.2) is 4.79 Å². The summed E-state index contributed by atoms with van der Waals surface area (Å²) in [5, 5.41) is 18.7. The summed E-state index contributed by atoms with van der Waals surface area (Å²) in [6.07, 6.45) is -0.355. The summed E-state index contributed by atoms with van der Waals surface area (Å²) in [6.45, 7) is 5.17. The molecule has 5 rings (SSSR count).